The summed E-state index contributed by atoms with van der Waals surface area (Å²) < 4.78 is 5.04. The van der Waals surface area contributed by atoms with Gasteiger partial charge in [-0.3, -0.25) is 19.7 Å². The van der Waals surface area contributed by atoms with Gasteiger partial charge >= 0.3 is 12.1 Å². The van der Waals surface area contributed by atoms with E-state index in [2.05, 4.69) is 27.8 Å². The fraction of sp³-hybridized carbons (Fsp3) is 0.794. The number of carbonyl (C=O) groups is 5. The Hall–Kier alpha value is -3.19. The number of unbranched alkanes of at least 4 members (excludes halogenated alkanes) is 1. The summed E-state index contributed by atoms with van der Waals surface area (Å²) in [6.45, 7) is 20.7. The van der Waals surface area contributed by atoms with Crippen molar-refractivity contribution in [3.05, 3.63) is 12.7 Å². The number of ether oxygens (including phenoxy) is 1. The van der Waals surface area contributed by atoms with Crippen molar-refractivity contribution in [2.45, 2.75) is 118 Å². The lowest BCUT2D eigenvalue weighted by molar-refractivity contribution is -0.142. The van der Waals surface area contributed by atoms with E-state index in [1.54, 1.807) is 9.80 Å². The van der Waals surface area contributed by atoms with E-state index in [0.29, 0.717) is 39.0 Å². The number of hydrogen-bond acceptors (Lipinski definition) is 8. The van der Waals surface area contributed by atoms with Crippen molar-refractivity contribution in [1.82, 2.24) is 31.1 Å². The Bertz CT molecular complexity index is 1090. The van der Waals surface area contributed by atoms with Crippen molar-refractivity contribution < 1.29 is 33.8 Å². The third-order valence-corrected chi connectivity index (χ3v) is 9.37. The number of nitrogens with zero attached hydrogens (tertiary/aromatic N) is 2. The van der Waals surface area contributed by atoms with Gasteiger partial charge in [-0.05, 0) is 29.6 Å². The Morgan fingerprint density at radius 2 is 1.79 bits per heavy atom. The number of aliphatic hydroxyl groups is 1. The quantitative estimate of drug-likeness (QED) is 0.0847. The molecule has 268 valence electrons. The van der Waals surface area contributed by atoms with Crippen LogP contribution in [0.5, 0.6) is 0 Å². The maximum absolute atomic E-state index is 14.5. The second kappa shape index (κ2) is 18.4. The standard InChI is InChI=1S/C34H60N6O7/c1-10-14-15-24(27(41)30(43)35-16-11-2)36-29(42)26-23(13-4)22(12-3)19-40(26)31(44)28(34(7,8)9)38-32(45)37-25(21(5)6)20-39-17-18-47-33(39)46/h11,21-26,28-29,36,42H,2,10,12-20H2,1,3-9H3,(H,35,43)(H2,37,38,45)/t22-,23-,24?,25+,26-,28+,29?/m0/s1. The van der Waals surface area contributed by atoms with Crippen LogP contribution in [0.4, 0.5) is 9.59 Å². The maximum Gasteiger partial charge on any atom is 0.410 e. The maximum atomic E-state index is 14.5. The molecule has 47 heavy (non-hydrogen) atoms. The number of hydrogen-bond donors (Lipinski definition) is 5. The van der Waals surface area contributed by atoms with Crippen molar-refractivity contribution in [3.63, 3.8) is 0 Å². The molecule has 13 nitrogen and oxygen atoms in total. The van der Waals surface area contributed by atoms with Gasteiger partial charge < -0.3 is 35.6 Å². The van der Waals surface area contributed by atoms with Gasteiger partial charge in [0.2, 0.25) is 11.7 Å². The summed E-state index contributed by atoms with van der Waals surface area (Å²) in [5.74, 6) is -1.76. The van der Waals surface area contributed by atoms with Crippen LogP contribution in [0.15, 0.2) is 12.7 Å². The number of cyclic esters (lactones) is 1. The lowest BCUT2D eigenvalue weighted by atomic mass is 9.84. The number of Topliss-reactive ketones (excluding diaryl/α,β-unsaturated/α-hetero) is 1. The average Bonchev–Trinajstić information content (AvgIpc) is 3.61. The number of amides is 5. The van der Waals surface area contributed by atoms with Crippen LogP contribution in [0, 0.1) is 23.2 Å². The van der Waals surface area contributed by atoms with Crippen LogP contribution in [-0.2, 0) is 19.1 Å². The Kier molecular flexibility index (Phi) is 15.6. The molecule has 2 heterocycles. The first-order valence-electron chi connectivity index (χ1n) is 17.3. The summed E-state index contributed by atoms with van der Waals surface area (Å²) >= 11 is 0. The minimum atomic E-state index is -1.29. The Morgan fingerprint density at radius 1 is 1.11 bits per heavy atom. The summed E-state index contributed by atoms with van der Waals surface area (Å²) in [6, 6.07) is -3.49. The van der Waals surface area contributed by atoms with Crippen LogP contribution in [-0.4, -0.2) is 108 Å². The van der Waals surface area contributed by atoms with E-state index < -0.39 is 53.6 Å². The largest absolute Gasteiger partial charge is 0.448 e. The summed E-state index contributed by atoms with van der Waals surface area (Å²) in [7, 11) is 0. The van der Waals surface area contributed by atoms with Crippen LogP contribution in [0.25, 0.3) is 0 Å². The van der Waals surface area contributed by atoms with Gasteiger partial charge in [0.1, 0.15) is 18.9 Å². The van der Waals surface area contributed by atoms with Gasteiger partial charge in [0.25, 0.3) is 5.91 Å². The van der Waals surface area contributed by atoms with Gasteiger partial charge in [-0.2, -0.15) is 0 Å². The molecular weight excluding hydrogens is 604 g/mol. The topological polar surface area (TPSA) is 169 Å². The summed E-state index contributed by atoms with van der Waals surface area (Å²) in [4.78, 5) is 68.8. The van der Waals surface area contributed by atoms with Crippen molar-refractivity contribution in [3.8, 4) is 0 Å². The number of carbonyl (C=O) groups excluding carboxylic acids is 5. The SMILES string of the molecule is C=CCNC(=O)C(=O)C(CCCC)NC(O)[C@@H]1[C@@H](CC)[C@@H](CC)CN1C(=O)[C@@H](NC(=O)N[C@H](CN1CCOC1=O)C(C)C)C(C)(C)C. The fourth-order valence-corrected chi connectivity index (χ4v) is 6.49. The molecule has 7 atom stereocenters. The molecule has 0 aromatic heterocycles. The first-order chi connectivity index (χ1) is 22.1. The van der Waals surface area contributed by atoms with Gasteiger partial charge in [0, 0.05) is 19.6 Å². The highest BCUT2D eigenvalue weighted by Crippen LogP contribution is 2.37. The summed E-state index contributed by atoms with van der Waals surface area (Å²) in [5, 5.41) is 23.1. The lowest BCUT2D eigenvalue weighted by Crippen LogP contribution is -2.62. The van der Waals surface area contributed by atoms with Gasteiger partial charge in [0.15, 0.2) is 0 Å². The molecule has 0 aromatic carbocycles. The first-order valence-corrected chi connectivity index (χ1v) is 17.3. The highest BCUT2D eigenvalue weighted by molar-refractivity contribution is 6.38. The average molecular weight is 665 g/mol. The zero-order valence-electron chi connectivity index (χ0n) is 29.8. The van der Waals surface area contributed by atoms with Crippen molar-refractivity contribution in [2.75, 3.05) is 32.8 Å². The first kappa shape index (κ1) is 40.0. The molecule has 2 unspecified atom stereocenters. The minimum Gasteiger partial charge on any atom is -0.448 e. The fourth-order valence-electron chi connectivity index (χ4n) is 6.49. The lowest BCUT2D eigenvalue weighted by Gasteiger charge is -2.39. The van der Waals surface area contributed by atoms with E-state index in [1.807, 2.05) is 55.4 Å². The second-order valence-corrected chi connectivity index (χ2v) is 14.2. The number of urea groups is 1. The third-order valence-electron chi connectivity index (χ3n) is 9.37. The molecule has 0 bridgehead atoms. The summed E-state index contributed by atoms with van der Waals surface area (Å²) in [6.07, 6.45) is 3.03. The molecule has 2 rings (SSSR count). The van der Waals surface area contributed by atoms with E-state index >= 15 is 0 Å². The molecule has 5 amide bonds. The van der Waals surface area contributed by atoms with Gasteiger partial charge in [0.05, 0.1) is 24.7 Å². The normalized spacial score (nSPS) is 22.3. The van der Waals surface area contributed by atoms with Crippen molar-refractivity contribution in [2.24, 2.45) is 23.2 Å². The molecule has 2 saturated heterocycles. The number of nitrogens with one attached hydrogen (secondary N) is 4. The predicted molar refractivity (Wildman–Crippen MR) is 180 cm³/mol. The van der Waals surface area contributed by atoms with Crippen LogP contribution in [0.1, 0.15) is 87.5 Å². The molecule has 0 aliphatic carbocycles. The van der Waals surface area contributed by atoms with Crippen LogP contribution < -0.4 is 21.3 Å². The number of rotatable bonds is 18. The molecule has 2 fully saturated rings. The van der Waals surface area contributed by atoms with E-state index in [9.17, 15) is 29.1 Å². The minimum absolute atomic E-state index is 0.0000335. The van der Waals surface area contributed by atoms with E-state index in [4.69, 9.17) is 4.74 Å². The molecule has 0 aromatic rings. The van der Waals surface area contributed by atoms with Gasteiger partial charge in [-0.15, -0.1) is 6.58 Å². The van der Waals surface area contributed by atoms with Crippen molar-refractivity contribution in [1.29, 1.82) is 0 Å². The van der Waals surface area contributed by atoms with Crippen LogP contribution in [0.2, 0.25) is 0 Å². The third kappa shape index (κ3) is 10.9. The monoisotopic (exact) mass is 664 g/mol. The second-order valence-electron chi connectivity index (χ2n) is 14.2. The van der Waals surface area contributed by atoms with E-state index in [-0.39, 0.29) is 42.8 Å². The van der Waals surface area contributed by atoms with E-state index in [1.165, 1.54) is 6.08 Å². The smallest absolute Gasteiger partial charge is 0.410 e. The van der Waals surface area contributed by atoms with Crippen LogP contribution >= 0.6 is 0 Å². The molecule has 13 heteroatoms. The molecule has 5 N–H and O–H groups in total. The zero-order chi connectivity index (χ0) is 35.5. The zero-order valence-corrected chi connectivity index (χ0v) is 29.8. The van der Waals surface area contributed by atoms with Gasteiger partial charge in [-0.1, -0.05) is 87.1 Å². The highest BCUT2D eigenvalue weighted by atomic mass is 16.6. The predicted octanol–water partition coefficient (Wildman–Crippen LogP) is 2.78. The highest BCUT2D eigenvalue weighted by Gasteiger charge is 2.49. The number of aliphatic hydroxyl groups excluding tert-OH is 1. The van der Waals surface area contributed by atoms with E-state index in [0.717, 1.165) is 12.8 Å². The Morgan fingerprint density at radius 3 is 2.30 bits per heavy atom. The van der Waals surface area contributed by atoms with Crippen molar-refractivity contribution >= 4 is 29.7 Å². The van der Waals surface area contributed by atoms with Crippen LogP contribution in [0.3, 0.4) is 0 Å². The Balaban J connectivity index is 2.33. The molecule has 0 saturated carbocycles. The summed E-state index contributed by atoms with van der Waals surface area (Å²) in [5.41, 5.74) is -0.696. The molecule has 0 spiro atoms. The molecule has 0 radical (unpaired) electrons. The van der Waals surface area contributed by atoms with Gasteiger partial charge in [-0.25, -0.2) is 9.59 Å². The molecule has 2 aliphatic rings. The molecular formula is C34H60N6O7. The molecule has 2 aliphatic heterocycles. The Labute approximate surface area is 281 Å². The number of ketones is 1. The number of likely N-dealkylation sites (tertiary alicyclic amines) is 1.